The second-order valence-corrected chi connectivity index (χ2v) is 29.2. The number of amides is 3. The van der Waals surface area contributed by atoms with Crippen LogP contribution < -0.4 is 75.9 Å². The molecule has 0 aliphatic carbocycles. The molecule has 19 nitrogen and oxygen atoms in total. The molecule has 566 valence electrons. The zero-order chi connectivity index (χ0) is 76.3. The minimum absolute atomic E-state index is 0. The van der Waals surface area contributed by atoms with E-state index in [9.17, 15) is 55.2 Å². The number of aromatic nitrogens is 3. The number of pyridine rings is 3. The quantitative estimate of drug-likeness (QED) is 0.0294. The van der Waals surface area contributed by atoms with Gasteiger partial charge in [-0.2, -0.15) is 26.3 Å². The van der Waals surface area contributed by atoms with Crippen LogP contribution in [0.1, 0.15) is 123 Å². The van der Waals surface area contributed by atoms with Gasteiger partial charge in [0.2, 0.25) is 11.8 Å². The first-order chi connectivity index (χ1) is 49.3. The van der Waals surface area contributed by atoms with Gasteiger partial charge < -0.3 is 58.3 Å². The Morgan fingerprint density at radius 1 is 0.566 bits per heavy atom. The number of rotatable bonds is 21. The Hall–Kier alpha value is -5.98. The third kappa shape index (κ3) is 24.3. The maximum absolute atomic E-state index is 13.3. The van der Waals surface area contributed by atoms with E-state index in [1.807, 2.05) is 129 Å². The molecule has 33 heteroatoms. The maximum Gasteiger partial charge on any atom is 1.00 e. The van der Waals surface area contributed by atoms with Crippen molar-refractivity contribution in [3.05, 3.63) is 236 Å². The van der Waals surface area contributed by atoms with Crippen molar-refractivity contribution in [2.45, 2.75) is 125 Å². The number of hydrogen-bond donors (Lipinski definition) is 2. The van der Waals surface area contributed by atoms with Crippen LogP contribution in [0, 0.1) is 41.5 Å². The van der Waals surface area contributed by atoms with Crippen LogP contribution in [0.5, 0.6) is 29.0 Å². The Labute approximate surface area is 685 Å². The molecule has 11 rings (SSSR count). The van der Waals surface area contributed by atoms with Crippen molar-refractivity contribution < 1.29 is 135 Å². The molecule has 3 aliphatic heterocycles. The van der Waals surface area contributed by atoms with Crippen molar-refractivity contribution in [3.63, 3.8) is 0 Å². The normalized spacial score (nSPS) is 13.0. The smallest absolute Gasteiger partial charge is 0.870 e. The predicted octanol–water partition coefficient (Wildman–Crippen LogP) is 15.5. The molecule has 0 radical (unpaired) electrons. The molecular weight excluding hydrogens is 1610 g/mol. The average Bonchev–Trinajstić information content (AvgIpc) is 0.786. The molecule has 3 amide bonds. The molecule has 0 unspecified atom stereocenters. The van der Waals surface area contributed by atoms with Gasteiger partial charge in [0, 0.05) is 69.3 Å². The van der Waals surface area contributed by atoms with Crippen LogP contribution in [-0.2, 0) is 65.7 Å². The second kappa shape index (κ2) is 42.3. The van der Waals surface area contributed by atoms with Gasteiger partial charge in [-0.3, -0.25) is 23.7 Å². The number of halogens is 12. The molecule has 3 aliphatic rings. The van der Waals surface area contributed by atoms with Crippen molar-refractivity contribution in [1.82, 2.24) is 29.7 Å². The van der Waals surface area contributed by atoms with E-state index in [1.165, 1.54) is 36.9 Å². The zero-order valence-corrected chi connectivity index (χ0v) is 68.5. The van der Waals surface area contributed by atoms with E-state index in [4.69, 9.17) is 67.5 Å². The Bertz CT molecular complexity index is 4440. The number of phenolic OH excluding ortho intramolecular Hbond substituents is 1. The van der Waals surface area contributed by atoms with E-state index < -0.39 is 31.3 Å². The van der Waals surface area contributed by atoms with Crippen molar-refractivity contribution >= 4 is 99.3 Å². The number of aromatic hydroxyl groups is 1. The Kier molecular flexibility index (Phi) is 36.1. The topological polar surface area (TPSA) is 242 Å². The summed E-state index contributed by atoms with van der Waals surface area (Å²) in [7, 11) is -4.32. The number of carbonyl (C=O) groups excluding carboxylic acids is 3. The fourth-order valence-corrected chi connectivity index (χ4v) is 13.9. The molecule has 3 aromatic heterocycles. The monoisotopic (exact) mass is 1680 g/mol. The van der Waals surface area contributed by atoms with Crippen LogP contribution in [0.3, 0.4) is 0 Å². The van der Waals surface area contributed by atoms with E-state index in [1.54, 1.807) is 34.9 Å². The number of nitrogens with zero attached hydrogens (tertiary/aromatic N) is 5. The number of aromatic amines is 1. The fourth-order valence-electron chi connectivity index (χ4n) is 11.4. The summed E-state index contributed by atoms with van der Waals surface area (Å²) in [6.07, 6.45) is 1.74. The second-order valence-electron chi connectivity index (χ2n) is 23.6. The van der Waals surface area contributed by atoms with Gasteiger partial charge in [0.1, 0.15) is 30.5 Å². The maximum atomic E-state index is 13.3. The van der Waals surface area contributed by atoms with Crippen molar-refractivity contribution in [3.8, 4) is 29.0 Å². The van der Waals surface area contributed by atoms with Gasteiger partial charge in [0.05, 0.1) is 69.9 Å². The van der Waals surface area contributed by atoms with Crippen molar-refractivity contribution in [2.24, 2.45) is 0 Å². The molecule has 0 bridgehead atoms. The SMILES string of the molecule is CCOP(=O)(OCC)C(F)(F)Br.Cc1cc(C)c(CN2CCc3ccc(O)c(Cl)c3C2=O)c(OCc2ccccc2)n1.Cc1cc(C)c(CN2CCc3ccc(OC(F)F)c(Cl)c3C2=O)c(=O)[nH]1.Cc1cc(C)c(CN2CCc3ccc(OC(F)F)c(Cl)c3C2=O)c(OCc2ccccc2)n1.ClCCl.[K+].[OH-]. The van der Waals surface area contributed by atoms with E-state index >= 15 is 0 Å². The molecule has 0 atom stereocenters. The van der Waals surface area contributed by atoms with Gasteiger partial charge in [0.25, 0.3) is 23.3 Å². The van der Waals surface area contributed by atoms with E-state index in [0.717, 1.165) is 61.6 Å². The first-order valence-corrected chi connectivity index (χ1v) is 36.8. The van der Waals surface area contributed by atoms with Gasteiger partial charge in [-0.1, -0.05) is 114 Å². The van der Waals surface area contributed by atoms with Gasteiger partial charge in [-0.15, -0.1) is 23.2 Å². The zero-order valence-electron chi connectivity index (χ0n) is 59.1. The number of aryl methyl sites for hydroxylation is 6. The van der Waals surface area contributed by atoms with Crippen molar-refractivity contribution in [1.29, 1.82) is 0 Å². The summed E-state index contributed by atoms with van der Waals surface area (Å²) in [6, 6.07) is 34.6. The summed E-state index contributed by atoms with van der Waals surface area (Å²) in [6.45, 7) is 11.0. The van der Waals surface area contributed by atoms with Crippen LogP contribution in [-0.4, -0.2) is 114 Å². The summed E-state index contributed by atoms with van der Waals surface area (Å²) in [5, 5.41) is 10.0. The number of H-pyrrole nitrogens is 1. The molecule has 0 saturated heterocycles. The van der Waals surface area contributed by atoms with Crippen LogP contribution in [0.25, 0.3) is 0 Å². The number of benzene rings is 5. The Morgan fingerprint density at radius 2 is 0.915 bits per heavy atom. The molecular formula is C73H76BrCl5F6KN6O13P. The third-order valence-electron chi connectivity index (χ3n) is 16.2. The number of nitrogens with one attached hydrogen (secondary N) is 1. The number of carbonyl (C=O) groups is 3. The van der Waals surface area contributed by atoms with E-state index in [0.29, 0.717) is 92.7 Å². The Balaban J connectivity index is 0.000000259. The van der Waals surface area contributed by atoms with Crippen molar-refractivity contribution in [2.75, 3.05) is 38.2 Å². The van der Waals surface area contributed by atoms with Gasteiger partial charge in [-0.25, -0.2) is 9.97 Å². The molecule has 8 aromatic rings. The molecule has 0 spiro atoms. The average molecular weight is 1690 g/mol. The first kappa shape index (κ1) is 90.6. The first-order valence-electron chi connectivity index (χ1n) is 32.3. The minimum Gasteiger partial charge on any atom is -0.870 e. The molecule has 0 fully saturated rings. The summed E-state index contributed by atoms with van der Waals surface area (Å²) in [5.41, 5.74) is 12.1. The van der Waals surface area contributed by atoms with Gasteiger partial charge >= 0.3 is 76.8 Å². The molecule has 3 N–H and O–H groups in total. The molecule has 0 saturated carbocycles. The van der Waals surface area contributed by atoms with Crippen LogP contribution >= 0.6 is 81.5 Å². The van der Waals surface area contributed by atoms with Crippen LogP contribution in [0.2, 0.25) is 15.1 Å². The number of hydrogen-bond acceptors (Lipinski definition) is 15. The summed E-state index contributed by atoms with van der Waals surface area (Å²) in [5.74, 6) is -0.449. The molecule has 106 heavy (non-hydrogen) atoms. The number of fused-ring (bicyclic) bond motifs is 3. The molecule has 5 aromatic carbocycles. The number of alkyl halides is 9. The minimum atomic E-state index is -4.32. The van der Waals surface area contributed by atoms with E-state index in [-0.39, 0.29) is 149 Å². The van der Waals surface area contributed by atoms with Crippen LogP contribution in [0.4, 0.5) is 26.3 Å². The van der Waals surface area contributed by atoms with Gasteiger partial charge in [-0.05, 0) is 156 Å². The largest absolute Gasteiger partial charge is 1.00 e. The van der Waals surface area contributed by atoms with Crippen LogP contribution in [0.15, 0.2) is 120 Å². The van der Waals surface area contributed by atoms with Gasteiger partial charge in [0.15, 0.2) is 0 Å². The number of phenols is 1. The summed E-state index contributed by atoms with van der Waals surface area (Å²) < 4.78 is 113. The fraction of sp³-hybridized carbons (Fsp3) is 0.342. The summed E-state index contributed by atoms with van der Waals surface area (Å²) in [4.78, 5) is 68.2. The van der Waals surface area contributed by atoms with E-state index in [2.05, 4.69) is 33.5 Å². The summed E-state index contributed by atoms with van der Waals surface area (Å²) >= 11 is 30.2. The number of ether oxygens (including phenoxy) is 4. The predicted molar refractivity (Wildman–Crippen MR) is 393 cm³/mol. The standard InChI is InChI=1S/C25H23ClF2N2O3.C24H23ClN2O3.C18H17ClF2N2O3.C5H10BrF2O3P.CH2Cl2.K.H2O/c1-15-12-16(2)29-23(32-14-17-6-4-3-5-7-17)19(15)13-30-11-10-18-8-9-20(33-25(27)28)22(26)21(18)24(30)31;1-15-12-16(2)26-23(30-14-17-6-4-3-5-7-17)19(15)13-27-11-10-18-8-9-20(28)22(25)21(18)24(27)29;1-9-7-10(2)22-16(24)12(9)8-23-6-5-11-3-4-13(26-18(20)21)15(19)14(11)17(23)25;1-3-10-12(9,11-4-2)5(6,7)8;2-1-3;;/h3-9,12,25H,10-11,13-14H2,1-2H3;3-9,12,28H,10-11,13-14H2,1-2H3;3-4,7,18H,5-6,8H2,1-2H3,(H,22,24);3-4H2,1-2H3;1H2;;1H2/q;;;;;+1;/p-1. The third-order valence-corrected chi connectivity index (χ3v) is 20.5. The Morgan fingerprint density at radius 3 is 1.26 bits per heavy atom. The molecule has 6 heterocycles.